The predicted molar refractivity (Wildman–Crippen MR) is 93.5 cm³/mol. The Bertz CT molecular complexity index is 781. The van der Waals surface area contributed by atoms with Crippen molar-refractivity contribution in [3.63, 3.8) is 0 Å². The summed E-state index contributed by atoms with van der Waals surface area (Å²) in [5, 5.41) is 3.38. The van der Waals surface area contributed by atoms with Gasteiger partial charge < -0.3 is 20.4 Å². The molecule has 2 aliphatic rings. The number of rotatable bonds is 2. The van der Waals surface area contributed by atoms with E-state index in [0.717, 1.165) is 48.5 Å². The Labute approximate surface area is 146 Å². The van der Waals surface area contributed by atoms with Crippen molar-refractivity contribution in [2.45, 2.75) is 31.9 Å². The summed E-state index contributed by atoms with van der Waals surface area (Å²) >= 11 is 0. The number of nitrogens with zero attached hydrogens (tertiary/aromatic N) is 2. The zero-order chi connectivity index (χ0) is 16.0. The second-order valence-corrected chi connectivity index (χ2v) is 6.12. The minimum absolute atomic E-state index is 0. The van der Waals surface area contributed by atoms with Gasteiger partial charge in [-0.3, -0.25) is 9.78 Å². The molecular formula is C17H21ClN4O2. The number of fused-ring (bicyclic) bond motifs is 4. The molecule has 1 saturated heterocycles. The van der Waals surface area contributed by atoms with Crippen LogP contribution in [0, 0.1) is 0 Å². The number of pyridine rings is 1. The van der Waals surface area contributed by atoms with Crippen molar-refractivity contribution in [3.05, 3.63) is 35.8 Å². The topological polar surface area (TPSA) is 82.2 Å². The van der Waals surface area contributed by atoms with E-state index >= 15 is 0 Å². The predicted octanol–water partition coefficient (Wildman–Crippen LogP) is 2.06. The number of nitrogens with one attached hydrogen (secondary N) is 1. The minimum atomic E-state index is -0.402. The van der Waals surface area contributed by atoms with Gasteiger partial charge in [-0.25, -0.2) is 0 Å². The Hall–Kier alpha value is -2.05. The molecule has 1 spiro atoms. The Balaban J connectivity index is 0.00000169. The van der Waals surface area contributed by atoms with Crippen molar-refractivity contribution < 1.29 is 9.53 Å². The number of hydrogen-bond donors (Lipinski definition) is 2. The third-order valence-corrected chi connectivity index (χ3v) is 4.91. The molecule has 0 unspecified atom stereocenters. The number of piperidine rings is 1. The Kier molecular flexibility index (Phi) is 4.27. The number of amides is 1. The van der Waals surface area contributed by atoms with E-state index in [4.69, 9.17) is 10.5 Å². The lowest BCUT2D eigenvalue weighted by atomic mass is 9.81. The van der Waals surface area contributed by atoms with Gasteiger partial charge in [-0.15, -0.1) is 12.4 Å². The third-order valence-electron chi connectivity index (χ3n) is 4.91. The van der Waals surface area contributed by atoms with Crippen LogP contribution in [0.15, 0.2) is 24.5 Å². The van der Waals surface area contributed by atoms with Crippen molar-refractivity contribution in [1.82, 2.24) is 14.9 Å². The maximum Gasteiger partial charge on any atom is 0.265 e. The molecule has 0 saturated carbocycles. The average Bonchev–Trinajstić information content (AvgIpc) is 2.97. The maximum atomic E-state index is 11.9. The summed E-state index contributed by atoms with van der Waals surface area (Å²) in [5.74, 6) is 0.381. The zero-order valence-corrected chi connectivity index (χ0v) is 14.4. The first-order valence-corrected chi connectivity index (χ1v) is 8.04. The molecule has 1 amide bonds. The lowest BCUT2D eigenvalue weighted by Gasteiger charge is -2.41. The molecule has 7 heteroatoms. The quantitative estimate of drug-likeness (QED) is 0.870. The molecule has 0 atom stereocenters. The Morgan fingerprint density at radius 2 is 2.21 bits per heavy atom. The van der Waals surface area contributed by atoms with Gasteiger partial charge in [-0.1, -0.05) is 0 Å². The lowest BCUT2D eigenvalue weighted by Crippen LogP contribution is -2.45. The fourth-order valence-corrected chi connectivity index (χ4v) is 3.84. The van der Waals surface area contributed by atoms with Gasteiger partial charge in [0.2, 0.25) is 0 Å². The summed E-state index contributed by atoms with van der Waals surface area (Å²) in [6.45, 7) is 4.48. The molecule has 0 aromatic carbocycles. The van der Waals surface area contributed by atoms with E-state index in [1.807, 2.05) is 23.6 Å². The van der Waals surface area contributed by atoms with Gasteiger partial charge >= 0.3 is 0 Å². The number of hydrogen-bond acceptors (Lipinski definition) is 4. The number of halogens is 1. The molecule has 3 N–H and O–H groups in total. The van der Waals surface area contributed by atoms with Crippen molar-refractivity contribution in [2.75, 3.05) is 13.1 Å². The molecule has 2 aromatic rings. The maximum absolute atomic E-state index is 11.9. The summed E-state index contributed by atoms with van der Waals surface area (Å²) < 4.78 is 8.41. The van der Waals surface area contributed by atoms with E-state index in [9.17, 15) is 4.79 Å². The smallest absolute Gasteiger partial charge is 0.265 e. The molecule has 4 heterocycles. The lowest BCUT2D eigenvalue weighted by molar-refractivity contribution is 0.0303. The highest BCUT2D eigenvalue weighted by Gasteiger charge is 2.44. The van der Waals surface area contributed by atoms with Crippen LogP contribution >= 0.6 is 12.4 Å². The molecule has 0 bridgehead atoms. The van der Waals surface area contributed by atoms with Crippen LogP contribution in [0.4, 0.5) is 0 Å². The zero-order valence-electron chi connectivity index (χ0n) is 13.5. The molecule has 1 fully saturated rings. The number of carbonyl (C=O) groups excluding carboxylic acids is 1. The molecular weight excluding hydrogens is 328 g/mol. The molecule has 2 aromatic heterocycles. The van der Waals surface area contributed by atoms with Crippen LogP contribution in [-0.4, -0.2) is 28.5 Å². The summed E-state index contributed by atoms with van der Waals surface area (Å²) in [7, 11) is 0. The van der Waals surface area contributed by atoms with Crippen LogP contribution in [0.5, 0.6) is 5.75 Å². The molecule has 128 valence electrons. The van der Waals surface area contributed by atoms with E-state index in [0.29, 0.717) is 12.2 Å². The highest BCUT2D eigenvalue weighted by molar-refractivity contribution is 5.94. The minimum Gasteiger partial charge on any atom is -0.480 e. The highest BCUT2D eigenvalue weighted by Crippen LogP contribution is 2.49. The first kappa shape index (κ1) is 16.8. The number of primary amides is 1. The number of carbonyl (C=O) groups is 1. The summed E-state index contributed by atoms with van der Waals surface area (Å²) in [6, 6.07) is 3.87. The number of aromatic nitrogens is 2. The summed E-state index contributed by atoms with van der Waals surface area (Å²) in [6.07, 6.45) is 5.24. The average molecular weight is 349 g/mol. The fourth-order valence-electron chi connectivity index (χ4n) is 3.84. The standard InChI is InChI=1S/C17H20N4O2.ClH/c1-2-21-13(16(18)22)9-12-15(21)11-3-6-20-10-14(11)23-17(12)4-7-19-8-5-17;/h3,6,9-10,19H,2,4-5,7-8H2,1H3,(H2,18,22);1H. The van der Waals surface area contributed by atoms with Gasteiger partial charge in [0.15, 0.2) is 0 Å². The second kappa shape index (κ2) is 6.11. The monoisotopic (exact) mass is 348 g/mol. The molecule has 4 rings (SSSR count). The molecule has 6 nitrogen and oxygen atoms in total. The van der Waals surface area contributed by atoms with Crippen molar-refractivity contribution in [1.29, 1.82) is 0 Å². The molecule has 24 heavy (non-hydrogen) atoms. The molecule has 0 radical (unpaired) electrons. The SMILES string of the molecule is CCn1c(C(N)=O)cc2c1-c1ccncc1OC21CCNCC1.Cl. The van der Waals surface area contributed by atoms with E-state index in [2.05, 4.69) is 10.3 Å². The van der Waals surface area contributed by atoms with Gasteiger partial charge in [0, 0.05) is 36.7 Å². The van der Waals surface area contributed by atoms with E-state index < -0.39 is 11.5 Å². The van der Waals surface area contributed by atoms with Crippen molar-refractivity contribution >= 4 is 18.3 Å². The molecule has 2 aliphatic heterocycles. The second-order valence-electron chi connectivity index (χ2n) is 6.12. The molecule has 0 aliphatic carbocycles. The Morgan fingerprint density at radius 3 is 2.88 bits per heavy atom. The van der Waals surface area contributed by atoms with Gasteiger partial charge in [0.05, 0.1) is 11.9 Å². The van der Waals surface area contributed by atoms with E-state index in [1.54, 1.807) is 12.4 Å². The van der Waals surface area contributed by atoms with Crippen LogP contribution in [-0.2, 0) is 12.1 Å². The van der Waals surface area contributed by atoms with Crippen LogP contribution < -0.4 is 15.8 Å². The van der Waals surface area contributed by atoms with Gasteiger partial charge in [0.1, 0.15) is 17.0 Å². The third kappa shape index (κ3) is 2.29. The first-order valence-electron chi connectivity index (χ1n) is 8.04. The van der Waals surface area contributed by atoms with Crippen LogP contribution in [0.2, 0.25) is 0 Å². The van der Waals surface area contributed by atoms with Crippen LogP contribution in [0.25, 0.3) is 11.3 Å². The summed E-state index contributed by atoms with van der Waals surface area (Å²) in [5.41, 5.74) is 8.86. The van der Waals surface area contributed by atoms with E-state index in [-0.39, 0.29) is 12.4 Å². The van der Waals surface area contributed by atoms with Crippen molar-refractivity contribution in [3.8, 4) is 17.0 Å². The number of nitrogens with two attached hydrogens (primary N) is 1. The van der Waals surface area contributed by atoms with Gasteiger partial charge in [0.25, 0.3) is 5.91 Å². The van der Waals surface area contributed by atoms with Crippen LogP contribution in [0.1, 0.15) is 35.8 Å². The van der Waals surface area contributed by atoms with Gasteiger partial charge in [-0.2, -0.15) is 0 Å². The Morgan fingerprint density at radius 1 is 1.46 bits per heavy atom. The normalized spacial score (nSPS) is 17.4. The van der Waals surface area contributed by atoms with Crippen molar-refractivity contribution in [2.24, 2.45) is 5.73 Å². The number of ether oxygens (including phenoxy) is 1. The first-order chi connectivity index (χ1) is 11.2. The summed E-state index contributed by atoms with van der Waals surface area (Å²) in [4.78, 5) is 16.1. The van der Waals surface area contributed by atoms with Crippen LogP contribution in [0.3, 0.4) is 0 Å². The highest BCUT2D eigenvalue weighted by atomic mass is 35.5. The van der Waals surface area contributed by atoms with Gasteiger partial charge in [-0.05, 0) is 32.1 Å². The largest absolute Gasteiger partial charge is 0.480 e. The van der Waals surface area contributed by atoms with E-state index in [1.165, 1.54) is 0 Å². The fraction of sp³-hybridized carbons (Fsp3) is 0.412.